The largest absolute Gasteiger partial charge is 0.380 e. The first-order valence-electron chi connectivity index (χ1n) is 5.69. The summed E-state index contributed by atoms with van der Waals surface area (Å²) in [6, 6.07) is 0.320. The molecule has 0 aromatic heterocycles. The van der Waals surface area contributed by atoms with E-state index < -0.39 is 10.0 Å². The lowest BCUT2D eigenvalue weighted by atomic mass is 10.3. The molecule has 1 atom stereocenters. The number of sulfonamides is 1. The van der Waals surface area contributed by atoms with Crippen LogP contribution in [0.15, 0.2) is 0 Å². The standard InChI is InChI=1S/C10H22N2O3S/c1-9(2)11-5-7-16(13,14)12-6-4-10(8-12)15-3/h9-11H,4-8H2,1-3H3. The number of methoxy groups -OCH3 is 1. The molecule has 6 heteroatoms. The third-order valence-electron chi connectivity index (χ3n) is 2.75. The molecule has 0 bridgehead atoms. The number of hydrogen-bond donors (Lipinski definition) is 1. The van der Waals surface area contributed by atoms with Gasteiger partial charge in [0.25, 0.3) is 0 Å². The lowest BCUT2D eigenvalue weighted by molar-refractivity contribution is 0.115. The minimum atomic E-state index is -3.11. The SMILES string of the molecule is COC1CCN(S(=O)(=O)CCNC(C)C)C1. The van der Waals surface area contributed by atoms with Crippen LogP contribution in [0.25, 0.3) is 0 Å². The molecular weight excluding hydrogens is 228 g/mol. The number of hydrogen-bond acceptors (Lipinski definition) is 4. The van der Waals surface area contributed by atoms with Gasteiger partial charge >= 0.3 is 0 Å². The normalized spacial score (nSPS) is 23.1. The topological polar surface area (TPSA) is 58.6 Å². The molecular formula is C10H22N2O3S. The van der Waals surface area contributed by atoms with Crippen LogP contribution in [-0.4, -0.2) is 57.4 Å². The Bertz CT molecular complexity index is 303. The van der Waals surface area contributed by atoms with E-state index in [0.29, 0.717) is 25.7 Å². The first kappa shape index (κ1) is 13.9. The van der Waals surface area contributed by atoms with Crippen molar-refractivity contribution in [3.05, 3.63) is 0 Å². The fraction of sp³-hybridized carbons (Fsp3) is 1.00. The van der Waals surface area contributed by atoms with Gasteiger partial charge in [0.1, 0.15) is 0 Å². The van der Waals surface area contributed by atoms with Gasteiger partial charge in [0.05, 0.1) is 11.9 Å². The molecule has 96 valence electrons. The van der Waals surface area contributed by atoms with Crippen molar-refractivity contribution in [3.8, 4) is 0 Å². The maximum absolute atomic E-state index is 11.9. The zero-order valence-electron chi connectivity index (χ0n) is 10.3. The molecule has 1 aliphatic rings. The lowest BCUT2D eigenvalue weighted by Gasteiger charge is -2.17. The van der Waals surface area contributed by atoms with Gasteiger partial charge in [-0.25, -0.2) is 8.42 Å². The minimum Gasteiger partial charge on any atom is -0.380 e. The maximum atomic E-state index is 11.9. The lowest BCUT2D eigenvalue weighted by Crippen LogP contribution is -2.37. The average molecular weight is 250 g/mol. The van der Waals surface area contributed by atoms with Gasteiger partial charge in [0.2, 0.25) is 10.0 Å². The molecule has 1 rings (SSSR count). The summed E-state index contributed by atoms with van der Waals surface area (Å²) in [5.41, 5.74) is 0. The highest BCUT2D eigenvalue weighted by atomic mass is 32.2. The molecule has 0 saturated carbocycles. The molecule has 0 aromatic rings. The molecule has 1 heterocycles. The Morgan fingerprint density at radius 2 is 2.19 bits per heavy atom. The van der Waals surface area contributed by atoms with E-state index >= 15 is 0 Å². The Kier molecular flexibility index (Phi) is 5.17. The van der Waals surface area contributed by atoms with E-state index in [9.17, 15) is 8.42 Å². The summed E-state index contributed by atoms with van der Waals surface area (Å²) in [6.07, 6.45) is 0.862. The van der Waals surface area contributed by atoms with E-state index in [1.807, 2.05) is 13.8 Å². The van der Waals surface area contributed by atoms with Crippen molar-refractivity contribution in [1.29, 1.82) is 0 Å². The summed E-state index contributed by atoms with van der Waals surface area (Å²) in [5, 5.41) is 3.11. The van der Waals surface area contributed by atoms with Crippen LogP contribution in [0.5, 0.6) is 0 Å². The Morgan fingerprint density at radius 3 is 2.69 bits per heavy atom. The fourth-order valence-electron chi connectivity index (χ4n) is 1.75. The van der Waals surface area contributed by atoms with Crippen molar-refractivity contribution in [3.63, 3.8) is 0 Å². The Morgan fingerprint density at radius 1 is 1.50 bits per heavy atom. The Balaban J connectivity index is 2.39. The molecule has 1 aliphatic heterocycles. The summed E-state index contributed by atoms with van der Waals surface area (Å²) in [4.78, 5) is 0. The molecule has 0 spiro atoms. The molecule has 0 radical (unpaired) electrons. The van der Waals surface area contributed by atoms with Gasteiger partial charge in [0.15, 0.2) is 0 Å². The third-order valence-corrected chi connectivity index (χ3v) is 4.59. The van der Waals surface area contributed by atoms with Gasteiger partial charge in [-0.1, -0.05) is 13.8 Å². The molecule has 0 amide bonds. The van der Waals surface area contributed by atoms with Gasteiger partial charge in [-0.3, -0.25) is 0 Å². The van der Waals surface area contributed by atoms with Crippen LogP contribution < -0.4 is 5.32 Å². The molecule has 16 heavy (non-hydrogen) atoms. The van der Waals surface area contributed by atoms with E-state index in [4.69, 9.17) is 4.74 Å². The van der Waals surface area contributed by atoms with E-state index in [0.717, 1.165) is 6.42 Å². The predicted molar refractivity (Wildman–Crippen MR) is 63.9 cm³/mol. The van der Waals surface area contributed by atoms with Crippen LogP contribution >= 0.6 is 0 Å². The number of rotatable bonds is 6. The fourth-order valence-corrected chi connectivity index (χ4v) is 3.16. The summed E-state index contributed by atoms with van der Waals surface area (Å²) >= 11 is 0. The van der Waals surface area contributed by atoms with Crippen LogP contribution in [0.2, 0.25) is 0 Å². The van der Waals surface area contributed by atoms with E-state index in [1.54, 1.807) is 7.11 Å². The van der Waals surface area contributed by atoms with E-state index in [1.165, 1.54) is 4.31 Å². The zero-order chi connectivity index (χ0) is 12.2. The highest BCUT2D eigenvalue weighted by Crippen LogP contribution is 2.15. The van der Waals surface area contributed by atoms with Crippen molar-refractivity contribution >= 4 is 10.0 Å². The molecule has 0 aliphatic carbocycles. The third kappa shape index (κ3) is 4.01. The van der Waals surface area contributed by atoms with Crippen LogP contribution in [-0.2, 0) is 14.8 Å². The molecule has 5 nitrogen and oxygen atoms in total. The highest BCUT2D eigenvalue weighted by Gasteiger charge is 2.30. The second kappa shape index (κ2) is 5.95. The summed E-state index contributed by atoms with van der Waals surface area (Å²) in [6.45, 7) is 5.60. The van der Waals surface area contributed by atoms with Crippen molar-refractivity contribution in [2.45, 2.75) is 32.4 Å². The summed E-state index contributed by atoms with van der Waals surface area (Å²) in [7, 11) is -1.48. The molecule has 1 N–H and O–H groups in total. The first-order chi connectivity index (χ1) is 7.45. The quantitative estimate of drug-likeness (QED) is 0.723. The van der Waals surface area contributed by atoms with Gasteiger partial charge in [0, 0.05) is 32.8 Å². The van der Waals surface area contributed by atoms with Crippen molar-refractivity contribution in [2.75, 3.05) is 32.5 Å². The average Bonchev–Trinajstić information content (AvgIpc) is 2.65. The first-order valence-corrected chi connectivity index (χ1v) is 7.30. The second-order valence-electron chi connectivity index (χ2n) is 4.43. The van der Waals surface area contributed by atoms with Crippen LogP contribution in [0.3, 0.4) is 0 Å². The number of ether oxygens (including phenoxy) is 1. The molecule has 1 fully saturated rings. The van der Waals surface area contributed by atoms with Gasteiger partial charge < -0.3 is 10.1 Å². The van der Waals surface area contributed by atoms with E-state index in [2.05, 4.69) is 5.32 Å². The molecule has 1 saturated heterocycles. The van der Waals surface area contributed by atoms with Gasteiger partial charge in [-0.2, -0.15) is 4.31 Å². The van der Waals surface area contributed by atoms with Gasteiger partial charge in [-0.05, 0) is 6.42 Å². The number of nitrogens with one attached hydrogen (secondary N) is 1. The molecule has 1 unspecified atom stereocenters. The minimum absolute atomic E-state index is 0.0628. The van der Waals surface area contributed by atoms with Crippen LogP contribution in [0.1, 0.15) is 20.3 Å². The molecule has 0 aromatic carbocycles. The van der Waals surface area contributed by atoms with Gasteiger partial charge in [-0.15, -0.1) is 0 Å². The predicted octanol–water partition coefficient (Wildman–Crippen LogP) is 0.0349. The smallest absolute Gasteiger partial charge is 0.215 e. The number of nitrogens with zero attached hydrogens (tertiary/aromatic N) is 1. The summed E-state index contributed by atoms with van der Waals surface area (Å²) in [5.74, 6) is 0.168. The van der Waals surface area contributed by atoms with Crippen LogP contribution in [0.4, 0.5) is 0 Å². The van der Waals surface area contributed by atoms with Crippen molar-refractivity contribution in [1.82, 2.24) is 9.62 Å². The highest BCUT2D eigenvalue weighted by molar-refractivity contribution is 7.89. The zero-order valence-corrected chi connectivity index (χ0v) is 11.1. The maximum Gasteiger partial charge on any atom is 0.215 e. The van der Waals surface area contributed by atoms with Crippen molar-refractivity contribution < 1.29 is 13.2 Å². The summed E-state index contributed by atoms with van der Waals surface area (Å²) < 4.78 is 30.5. The van der Waals surface area contributed by atoms with Crippen molar-refractivity contribution in [2.24, 2.45) is 0 Å². The van der Waals surface area contributed by atoms with E-state index in [-0.39, 0.29) is 11.9 Å². The Hall–Kier alpha value is -0.170. The Labute approximate surface area is 98.2 Å². The van der Waals surface area contributed by atoms with Crippen LogP contribution in [0, 0.1) is 0 Å². The second-order valence-corrected chi connectivity index (χ2v) is 6.52. The monoisotopic (exact) mass is 250 g/mol.